The van der Waals surface area contributed by atoms with E-state index >= 15 is 0 Å². The Labute approximate surface area is 156 Å². The Hall–Kier alpha value is -2.09. The van der Waals surface area contributed by atoms with Gasteiger partial charge in [0.1, 0.15) is 0 Å². The molecule has 25 heavy (non-hydrogen) atoms. The smallest absolute Gasteiger partial charge is 0.257 e. The maximum atomic E-state index is 12.8. The van der Waals surface area contributed by atoms with Crippen molar-refractivity contribution in [2.75, 3.05) is 11.9 Å². The molecular weight excluding hydrogens is 378 g/mol. The summed E-state index contributed by atoms with van der Waals surface area (Å²) in [6.07, 6.45) is 2.87. The van der Waals surface area contributed by atoms with Gasteiger partial charge in [-0.05, 0) is 37.0 Å². The van der Waals surface area contributed by atoms with Crippen LogP contribution in [0.15, 0.2) is 54.6 Å². The number of halogens is 1. The molecule has 3 rings (SSSR count). The summed E-state index contributed by atoms with van der Waals surface area (Å²) in [6, 6.07) is 16.7. The zero-order valence-electron chi connectivity index (χ0n) is 13.9. The molecule has 0 saturated carbocycles. The van der Waals surface area contributed by atoms with Gasteiger partial charge >= 0.3 is 0 Å². The third kappa shape index (κ3) is 3.63. The van der Waals surface area contributed by atoms with Crippen LogP contribution in [0, 0.1) is 11.8 Å². The first-order chi connectivity index (χ1) is 12.2. The number of fused-ring (bicyclic) bond motifs is 1. The lowest BCUT2D eigenvalue weighted by molar-refractivity contribution is -0.0362. The standard InChI is InChI=1S/C21H20BrNO2/c22-15-7-2-8-16-23-20(24)18-11-5-6-12-19(18)21(23,25)14-13-17-9-3-1-4-10-17/h1,3-6,9-12,25H,2,7-8,15-16H2. The Morgan fingerprint density at radius 2 is 1.72 bits per heavy atom. The number of hydrogen-bond acceptors (Lipinski definition) is 2. The van der Waals surface area contributed by atoms with Crippen molar-refractivity contribution in [3.05, 3.63) is 71.3 Å². The van der Waals surface area contributed by atoms with E-state index in [1.807, 2.05) is 42.5 Å². The highest BCUT2D eigenvalue weighted by atomic mass is 79.9. The van der Waals surface area contributed by atoms with E-state index in [-0.39, 0.29) is 5.91 Å². The molecule has 1 aliphatic rings. The normalized spacial score (nSPS) is 18.6. The van der Waals surface area contributed by atoms with E-state index in [0.717, 1.165) is 30.2 Å². The van der Waals surface area contributed by atoms with Crippen molar-refractivity contribution in [2.45, 2.75) is 25.0 Å². The molecule has 1 atom stereocenters. The Morgan fingerprint density at radius 3 is 2.48 bits per heavy atom. The van der Waals surface area contributed by atoms with Crippen molar-refractivity contribution in [1.82, 2.24) is 4.90 Å². The molecular formula is C21H20BrNO2. The number of nitrogens with zero attached hydrogens (tertiary/aromatic N) is 1. The van der Waals surface area contributed by atoms with E-state index in [2.05, 4.69) is 27.8 Å². The highest BCUT2D eigenvalue weighted by Crippen LogP contribution is 2.37. The number of carbonyl (C=O) groups excluding carboxylic acids is 1. The van der Waals surface area contributed by atoms with Crippen LogP contribution in [-0.2, 0) is 5.72 Å². The molecule has 0 spiro atoms. The summed E-state index contributed by atoms with van der Waals surface area (Å²) in [4.78, 5) is 14.3. The molecule has 0 aliphatic carbocycles. The molecule has 0 aromatic heterocycles. The molecule has 1 N–H and O–H groups in total. The van der Waals surface area contributed by atoms with Crippen LogP contribution in [0.3, 0.4) is 0 Å². The lowest BCUT2D eigenvalue weighted by Crippen LogP contribution is -2.43. The van der Waals surface area contributed by atoms with Gasteiger partial charge in [-0.1, -0.05) is 64.7 Å². The molecule has 1 aliphatic heterocycles. The predicted octanol–water partition coefficient (Wildman–Crippen LogP) is 3.90. The minimum absolute atomic E-state index is 0.153. The molecule has 3 nitrogen and oxygen atoms in total. The molecule has 0 saturated heterocycles. The minimum Gasteiger partial charge on any atom is -0.357 e. The van der Waals surface area contributed by atoms with Gasteiger partial charge in [-0.15, -0.1) is 0 Å². The second kappa shape index (κ2) is 7.86. The molecule has 0 radical (unpaired) electrons. The summed E-state index contributed by atoms with van der Waals surface area (Å²) in [5.74, 6) is 5.82. The van der Waals surface area contributed by atoms with Gasteiger partial charge in [-0.3, -0.25) is 9.69 Å². The van der Waals surface area contributed by atoms with Crippen LogP contribution >= 0.6 is 15.9 Å². The van der Waals surface area contributed by atoms with E-state index < -0.39 is 5.72 Å². The average Bonchev–Trinajstić information content (AvgIpc) is 2.87. The van der Waals surface area contributed by atoms with Crippen LogP contribution in [-0.4, -0.2) is 27.8 Å². The van der Waals surface area contributed by atoms with E-state index in [1.54, 1.807) is 12.1 Å². The Bertz CT molecular complexity index is 809. The summed E-state index contributed by atoms with van der Waals surface area (Å²) in [7, 11) is 0. The second-order valence-corrected chi connectivity index (χ2v) is 6.83. The van der Waals surface area contributed by atoms with Gasteiger partial charge in [0.2, 0.25) is 5.72 Å². The first-order valence-electron chi connectivity index (χ1n) is 8.45. The van der Waals surface area contributed by atoms with Crippen molar-refractivity contribution in [1.29, 1.82) is 0 Å². The zero-order valence-corrected chi connectivity index (χ0v) is 15.5. The van der Waals surface area contributed by atoms with E-state index in [4.69, 9.17) is 0 Å². The summed E-state index contributed by atoms with van der Waals surface area (Å²) < 4.78 is 0. The Morgan fingerprint density at radius 1 is 1.00 bits per heavy atom. The molecule has 4 heteroatoms. The van der Waals surface area contributed by atoms with Crippen LogP contribution in [0.4, 0.5) is 0 Å². The average molecular weight is 398 g/mol. The number of carbonyl (C=O) groups is 1. The maximum Gasteiger partial charge on any atom is 0.257 e. The third-order valence-electron chi connectivity index (χ3n) is 4.34. The fourth-order valence-electron chi connectivity index (χ4n) is 3.03. The number of amides is 1. The molecule has 128 valence electrons. The topological polar surface area (TPSA) is 40.5 Å². The third-order valence-corrected chi connectivity index (χ3v) is 4.90. The van der Waals surface area contributed by atoms with Gasteiger partial charge in [0.25, 0.3) is 5.91 Å². The molecule has 2 aromatic carbocycles. The monoisotopic (exact) mass is 397 g/mol. The van der Waals surface area contributed by atoms with Gasteiger partial charge in [-0.2, -0.15) is 0 Å². The maximum absolute atomic E-state index is 12.8. The number of alkyl halides is 1. The zero-order chi connectivity index (χ0) is 17.7. The largest absolute Gasteiger partial charge is 0.357 e. The van der Waals surface area contributed by atoms with E-state index in [0.29, 0.717) is 17.7 Å². The lowest BCUT2D eigenvalue weighted by atomic mass is 10.0. The first-order valence-corrected chi connectivity index (χ1v) is 9.57. The van der Waals surface area contributed by atoms with Crippen molar-refractivity contribution >= 4 is 21.8 Å². The lowest BCUT2D eigenvalue weighted by Gasteiger charge is -2.29. The molecule has 0 fully saturated rings. The van der Waals surface area contributed by atoms with Crippen molar-refractivity contribution in [2.24, 2.45) is 0 Å². The summed E-state index contributed by atoms with van der Waals surface area (Å²) >= 11 is 3.42. The summed E-state index contributed by atoms with van der Waals surface area (Å²) in [5, 5.41) is 12.3. The van der Waals surface area contributed by atoms with Gasteiger partial charge in [0.05, 0.1) is 0 Å². The quantitative estimate of drug-likeness (QED) is 0.472. The Balaban J connectivity index is 1.94. The minimum atomic E-state index is -1.57. The molecule has 1 heterocycles. The van der Waals surface area contributed by atoms with Gasteiger partial charge in [0.15, 0.2) is 0 Å². The summed E-state index contributed by atoms with van der Waals surface area (Å²) in [5.41, 5.74) is 0.349. The van der Waals surface area contributed by atoms with Crippen molar-refractivity contribution in [3.63, 3.8) is 0 Å². The van der Waals surface area contributed by atoms with E-state index in [9.17, 15) is 9.90 Å². The van der Waals surface area contributed by atoms with Crippen LogP contribution < -0.4 is 0 Å². The number of benzene rings is 2. The predicted molar refractivity (Wildman–Crippen MR) is 102 cm³/mol. The van der Waals surface area contributed by atoms with Crippen LogP contribution in [0.2, 0.25) is 0 Å². The highest BCUT2D eigenvalue weighted by Gasteiger charge is 2.47. The first kappa shape index (κ1) is 17.7. The molecule has 2 aromatic rings. The van der Waals surface area contributed by atoms with Crippen molar-refractivity contribution < 1.29 is 9.90 Å². The molecule has 1 amide bonds. The van der Waals surface area contributed by atoms with Crippen LogP contribution in [0.5, 0.6) is 0 Å². The molecule has 1 unspecified atom stereocenters. The number of hydrogen-bond donors (Lipinski definition) is 1. The van der Waals surface area contributed by atoms with Crippen LogP contribution in [0.1, 0.15) is 40.7 Å². The van der Waals surface area contributed by atoms with Crippen molar-refractivity contribution in [3.8, 4) is 11.8 Å². The Kier molecular flexibility index (Phi) is 5.57. The number of aliphatic hydroxyl groups is 1. The SMILES string of the molecule is O=C1c2ccccc2C(O)(C#Cc2ccccc2)N1CCCCCBr. The molecule has 0 bridgehead atoms. The van der Waals surface area contributed by atoms with Gasteiger partial charge in [-0.25, -0.2) is 0 Å². The highest BCUT2D eigenvalue weighted by molar-refractivity contribution is 9.09. The summed E-state index contributed by atoms with van der Waals surface area (Å²) in [6.45, 7) is 0.487. The van der Waals surface area contributed by atoms with Crippen LogP contribution in [0.25, 0.3) is 0 Å². The van der Waals surface area contributed by atoms with Gasteiger partial charge in [0, 0.05) is 28.6 Å². The second-order valence-electron chi connectivity index (χ2n) is 6.04. The fraction of sp³-hybridized carbons (Fsp3) is 0.286. The van der Waals surface area contributed by atoms with Gasteiger partial charge < -0.3 is 5.11 Å². The van der Waals surface area contributed by atoms with E-state index in [1.165, 1.54) is 4.90 Å². The number of unbranched alkanes of at least 4 members (excludes halogenated alkanes) is 2. The fourth-order valence-corrected chi connectivity index (χ4v) is 3.43. The number of rotatable bonds is 5.